The molecule has 2 heterocycles. The summed E-state index contributed by atoms with van der Waals surface area (Å²) in [6.07, 6.45) is 0.891. The number of furan rings is 1. The van der Waals surface area contributed by atoms with Crippen molar-refractivity contribution in [3.63, 3.8) is 0 Å². The number of amides is 1. The topological polar surface area (TPSA) is 108 Å². The van der Waals surface area contributed by atoms with Gasteiger partial charge < -0.3 is 14.4 Å². The summed E-state index contributed by atoms with van der Waals surface area (Å²) in [4.78, 5) is 24.9. The van der Waals surface area contributed by atoms with Crippen molar-refractivity contribution in [1.29, 1.82) is 0 Å². The molecule has 0 radical (unpaired) electrons. The normalized spacial score (nSPS) is 16.9. The van der Waals surface area contributed by atoms with E-state index in [2.05, 4.69) is 0 Å². The van der Waals surface area contributed by atoms with E-state index in [1.807, 2.05) is 13.8 Å². The molecule has 1 N–H and O–H groups in total. The molecule has 8 nitrogen and oxygen atoms in total. The first-order chi connectivity index (χ1) is 11.3. The maximum atomic E-state index is 12.5. The maximum absolute atomic E-state index is 12.5. The summed E-state index contributed by atoms with van der Waals surface area (Å²) in [5.74, 6) is -1.86. The van der Waals surface area contributed by atoms with Crippen molar-refractivity contribution in [2.24, 2.45) is 5.92 Å². The fourth-order valence-corrected chi connectivity index (χ4v) is 4.22. The van der Waals surface area contributed by atoms with E-state index in [1.54, 1.807) is 4.90 Å². The standard InChI is InChI=1S/C15H22N2O6S/c1-3-16(4-2)14(18)11-7-9-17(10-8-11)24(21,22)13-6-5-12(23-13)15(19)20/h5-6,11H,3-4,7-10H2,1-2H3,(H,19,20). The van der Waals surface area contributed by atoms with E-state index in [0.717, 1.165) is 12.1 Å². The number of carboxylic acid groups (broad SMARTS) is 1. The van der Waals surface area contributed by atoms with Gasteiger partial charge in [-0.1, -0.05) is 0 Å². The van der Waals surface area contributed by atoms with E-state index in [0.29, 0.717) is 25.9 Å². The second-order valence-electron chi connectivity index (χ2n) is 5.61. The van der Waals surface area contributed by atoms with Crippen molar-refractivity contribution in [3.8, 4) is 0 Å². The SMILES string of the molecule is CCN(CC)C(=O)C1CCN(S(=O)(=O)c2ccc(C(=O)O)o2)CC1. The monoisotopic (exact) mass is 358 g/mol. The average molecular weight is 358 g/mol. The van der Waals surface area contributed by atoms with Crippen LogP contribution in [0, 0.1) is 5.92 Å². The number of carboxylic acids is 1. The summed E-state index contributed by atoms with van der Waals surface area (Å²) in [5.41, 5.74) is 0. The Morgan fingerprint density at radius 1 is 1.25 bits per heavy atom. The number of hydrogen-bond acceptors (Lipinski definition) is 5. The summed E-state index contributed by atoms with van der Waals surface area (Å²) in [5, 5.41) is 8.44. The van der Waals surface area contributed by atoms with Gasteiger partial charge in [0.15, 0.2) is 0 Å². The van der Waals surface area contributed by atoms with Crippen LogP contribution >= 0.6 is 0 Å². The van der Waals surface area contributed by atoms with Gasteiger partial charge in [-0.2, -0.15) is 4.31 Å². The quantitative estimate of drug-likeness (QED) is 0.820. The van der Waals surface area contributed by atoms with E-state index in [9.17, 15) is 18.0 Å². The van der Waals surface area contributed by atoms with Crippen LogP contribution in [0.1, 0.15) is 37.2 Å². The summed E-state index contributed by atoms with van der Waals surface area (Å²) in [7, 11) is -3.88. The highest BCUT2D eigenvalue weighted by atomic mass is 32.2. The Hall–Kier alpha value is -1.87. The number of hydrogen-bond donors (Lipinski definition) is 1. The molecule has 1 amide bonds. The third-order valence-corrected chi connectivity index (χ3v) is 6.04. The first-order valence-electron chi connectivity index (χ1n) is 7.93. The molecule has 0 saturated carbocycles. The fourth-order valence-electron chi connectivity index (χ4n) is 2.84. The Balaban J connectivity index is 2.05. The lowest BCUT2D eigenvalue weighted by molar-refractivity contribution is -0.136. The van der Waals surface area contributed by atoms with E-state index < -0.39 is 21.8 Å². The minimum Gasteiger partial charge on any atom is -0.475 e. The molecule has 1 aliphatic heterocycles. The maximum Gasteiger partial charge on any atom is 0.371 e. The van der Waals surface area contributed by atoms with E-state index in [1.165, 1.54) is 4.31 Å². The lowest BCUT2D eigenvalue weighted by Crippen LogP contribution is -2.44. The van der Waals surface area contributed by atoms with Gasteiger partial charge in [-0.3, -0.25) is 4.79 Å². The van der Waals surface area contributed by atoms with Crippen LogP contribution in [0.4, 0.5) is 0 Å². The number of piperidine rings is 1. The van der Waals surface area contributed by atoms with Crippen molar-refractivity contribution >= 4 is 21.9 Å². The molecular weight excluding hydrogens is 336 g/mol. The number of rotatable bonds is 6. The molecule has 0 aromatic carbocycles. The molecule has 0 atom stereocenters. The first kappa shape index (κ1) is 18.5. The van der Waals surface area contributed by atoms with Crippen molar-refractivity contribution in [2.75, 3.05) is 26.2 Å². The van der Waals surface area contributed by atoms with Crippen LogP contribution in [0.25, 0.3) is 0 Å². The van der Waals surface area contributed by atoms with Crippen LogP contribution in [0.2, 0.25) is 0 Å². The van der Waals surface area contributed by atoms with Gasteiger partial charge in [-0.05, 0) is 38.8 Å². The Kier molecular flexibility index (Phi) is 5.66. The van der Waals surface area contributed by atoms with Crippen LogP contribution in [-0.4, -0.2) is 60.8 Å². The second kappa shape index (κ2) is 7.35. The van der Waals surface area contributed by atoms with Crippen LogP contribution in [0.3, 0.4) is 0 Å². The van der Waals surface area contributed by atoms with Crippen molar-refractivity contribution < 1.29 is 27.5 Å². The smallest absolute Gasteiger partial charge is 0.371 e. The molecule has 9 heteroatoms. The molecule has 0 unspecified atom stereocenters. The van der Waals surface area contributed by atoms with Crippen molar-refractivity contribution in [1.82, 2.24) is 9.21 Å². The van der Waals surface area contributed by atoms with E-state index >= 15 is 0 Å². The van der Waals surface area contributed by atoms with Gasteiger partial charge in [0.25, 0.3) is 10.0 Å². The van der Waals surface area contributed by atoms with E-state index in [-0.39, 0.29) is 30.0 Å². The summed E-state index contributed by atoms with van der Waals surface area (Å²) in [6.45, 7) is 5.53. The molecule has 0 aliphatic carbocycles. The van der Waals surface area contributed by atoms with Crippen molar-refractivity contribution in [3.05, 3.63) is 17.9 Å². The Morgan fingerprint density at radius 2 is 1.83 bits per heavy atom. The number of aromatic carboxylic acids is 1. The molecule has 1 aliphatic rings. The molecule has 0 bridgehead atoms. The summed E-state index contributed by atoms with van der Waals surface area (Å²) < 4.78 is 31.1. The van der Waals surface area contributed by atoms with Crippen LogP contribution in [-0.2, 0) is 14.8 Å². The summed E-state index contributed by atoms with van der Waals surface area (Å²) in [6, 6.07) is 2.26. The predicted octanol–water partition coefficient (Wildman–Crippen LogP) is 1.25. The minimum atomic E-state index is -3.88. The zero-order valence-electron chi connectivity index (χ0n) is 13.8. The molecule has 1 fully saturated rings. The van der Waals surface area contributed by atoms with Crippen molar-refractivity contribution in [2.45, 2.75) is 31.8 Å². The van der Waals surface area contributed by atoms with Gasteiger partial charge in [0, 0.05) is 32.1 Å². The highest BCUT2D eigenvalue weighted by molar-refractivity contribution is 7.89. The molecule has 0 spiro atoms. The number of carbonyl (C=O) groups excluding carboxylic acids is 1. The van der Waals surface area contributed by atoms with E-state index in [4.69, 9.17) is 9.52 Å². The summed E-state index contributed by atoms with van der Waals surface area (Å²) >= 11 is 0. The highest BCUT2D eigenvalue weighted by Gasteiger charge is 2.35. The fraction of sp³-hybridized carbons (Fsp3) is 0.600. The van der Waals surface area contributed by atoms with Gasteiger partial charge in [0.1, 0.15) is 0 Å². The second-order valence-corrected chi connectivity index (χ2v) is 7.48. The first-order valence-corrected chi connectivity index (χ1v) is 9.37. The van der Waals surface area contributed by atoms with Crippen LogP contribution in [0.15, 0.2) is 21.6 Å². The lowest BCUT2D eigenvalue weighted by Gasteiger charge is -2.32. The molecule has 2 rings (SSSR count). The Labute approximate surface area is 141 Å². The largest absolute Gasteiger partial charge is 0.475 e. The predicted molar refractivity (Wildman–Crippen MR) is 85.1 cm³/mol. The lowest BCUT2D eigenvalue weighted by atomic mass is 9.96. The van der Waals surface area contributed by atoms with Crippen LogP contribution < -0.4 is 0 Å². The molecule has 1 aromatic heterocycles. The average Bonchev–Trinajstić information content (AvgIpc) is 3.07. The zero-order valence-corrected chi connectivity index (χ0v) is 14.6. The highest BCUT2D eigenvalue weighted by Crippen LogP contribution is 2.26. The third kappa shape index (κ3) is 3.62. The van der Waals surface area contributed by atoms with Gasteiger partial charge in [0.05, 0.1) is 0 Å². The number of nitrogens with zero attached hydrogens (tertiary/aromatic N) is 2. The Morgan fingerprint density at radius 3 is 2.29 bits per heavy atom. The van der Waals surface area contributed by atoms with Gasteiger partial charge in [0.2, 0.25) is 16.8 Å². The zero-order chi connectivity index (χ0) is 17.9. The molecule has 24 heavy (non-hydrogen) atoms. The molecule has 1 saturated heterocycles. The third-order valence-electron chi connectivity index (χ3n) is 4.26. The molecule has 134 valence electrons. The molecule has 1 aromatic rings. The minimum absolute atomic E-state index is 0.0585. The number of carbonyl (C=O) groups is 2. The number of sulfonamides is 1. The van der Waals surface area contributed by atoms with Gasteiger partial charge >= 0.3 is 5.97 Å². The van der Waals surface area contributed by atoms with Gasteiger partial charge in [-0.25, -0.2) is 13.2 Å². The molecular formula is C15H22N2O6S. The van der Waals surface area contributed by atoms with Crippen LogP contribution in [0.5, 0.6) is 0 Å². The van der Waals surface area contributed by atoms with Gasteiger partial charge in [-0.15, -0.1) is 0 Å². The Bertz CT molecular complexity index is 699.